The number of piperidine rings is 1. The lowest BCUT2D eigenvalue weighted by molar-refractivity contribution is -0.137. The molecule has 8 nitrogen and oxygen atoms in total. The van der Waals surface area contributed by atoms with Gasteiger partial charge in [-0.3, -0.25) is 9.48 Å². The van der Waals surface area contributed by atoms with Crippen molar-refractivity contribution in [2.75, 3.05) is 13.1 Å². The highest BCUT2D eigenvalue weighted by Gasteiger charge is 2.35. The second-order valence-electron chi connectivity index (χ2n) is 8.81. The number of primary amides is 1. The third-order valence-corrected chi connectivity index (χ3v) is 6.63. The normalized spacial score (nSPS) is 18.9. The van der Waals surface area contributed by atoms with Crippen LogP contribution in [0.1, 0.15) is 29.2 Å². The number of alkyl halides is 3. The Morgan fingerprint density at radius 3 is 2.78 bits per heavy atom. The number of carbonyl (C=O) groups excluding carboxylic acids is 1. The molecular weight excluding hydrogens is 509 g/mol. The molecular formula is C25H22ClF3N6O2. The summed E-state index contributed by atoms with van der Waals surface area (Å²) in [5, 5.41) is 18.6. The topological polar surface area (TPSA) is 122 Å². The summed E-state index contributed by atoms with van der Waals surface area (Å²) >= 11 is 5.96. The van der Waals surface area contributed by atoms with Crippen molar-refractivity contribution in [3.8, 4) is 11.1 Å². The number of H-pyrrole nitrogens is 1. The minimum absolute atomic E-state index is 0.0355. The van der Waals surface area contributed by atoms with Gasteiger partial charge in [-0.1, -0.05) is 11.6 Å². The number of hydrogen-bond acceptors (Lipinski definition) is 5. The second-order valence-corrected chi connectivity index (χ2v) is 9.25. The number of aromatic amines is 1. The highest BCUT2D eigenvalue weighted by atomic mass is 35.5. The lowest BCUT2D eigenvalue weighted by Crippen LogP contribution is -2.41. The van der Waals surface area contributed by atoms with Crippen molar-refractivity contribution in [3.05, 3.63) is 70.8 Å². The average molecular weight is 531 g/mol. The van der Waals surface area contributed by atoms with Gasteiger partial charge in [0.25, 0.3) is 0 Å². The summed E-state index contributed by atoms with van der Waals surface area (Å²) in [6, 6.07) is 4.59. The average Bonchev–Trinajstić information content (AvgIpc) is 3.49. The van der Waals surface area contributed by atoms with Gasteiger partial charge in [-0.25, -0.2) is 4.98 Å². The molecule has 2 unspecified atom stereocenters. The van der Waals surface area contributed by atoms with Crippen LogP contribution in [0.2, 0.25) is 5.02 Å². The predicted molar refractivity (Wildman–Crippen MR) is 133 cm³/mol. The molecule has 1 aromatic carbocycles. The lowest BCUT2D eigenvalue weighted by atomic mass is 9.96. The van der Waals surface area contributed by atoms with E-state index in [1.165, 1.54) is 12.3 Å². The first-order chi connectivity index (χ1) is 17.6. The van der Waals surface area contributed by atoms with E-state index in [1.54, 1.807) is 23.1 Å². The first-order valence-electron chi connectivity index (χ1n) is 11.4. The van der Waals surface area contributed by atoms with Crippen LogP contribution in [0.4, 0.5) is 13.2 Å². The van der Waals surface area contributed by atoms with Crippen molar-refractivity contribution in [1.82, 2.24) is 25.1 Å². The zero-order valence-corrected chi connectivity index (χ0v) is 20.0. The largest absolute Gasteiger partial charge is 0.417 e. The molecule has 3 aromatic heterocycles. The number of rotatable bonds is 5. The fraction of sp³-hybridized carbons (Fsp3) is 0.240. The molecule has 0 saturated carbocycles. The van der Waals surface area contributed by atoms with Crippen LogP contribution in [-0.2, 0) is 11.0 Å². The molecule has 2 atom stereocenters. The van der Waals surface area contributed by atoms with Crippen LogP contribution >= 0.6 is 11.6 Å². The summed E-state index contributed by atoms with van der Waals surface area (Å²) in [5.41, 5.74) is 6.08. The number of nitrogens with one attached hydrogen (secondary N) is 2. The Hall–Kier alpha value is -3.67. The van der Waals surface area contributed by atoms with Gasteiger partial charge in [0, 0.05) is 63.4 Å². The van der Waals surface area contributed by atoms with E-state index in [2.05, 4.69) is 20.4 Å². The zero-order chi connectivity index (χ0) is 26.3. The minimum Gasteiger partial charge on any atom is -0.391 e. The van der Waals surface area contributed by atoms with E-state index in [4.69, 9.17) is 17.3 Å². The number of fused-ring (bicyclic) bond motifs is 1. The molecule has 5 rings (SSSR count). The van der Waals surface area contributed by atoms with E-state index in [0.717, 1.165) is 30.3 Å². The number of aliphatic hydroxyl groups excluding tert-OH is 1. The number of aliphatic hydroxyl groups is 1. The molecule has 1 aliphatic heterocycles. The number of pyridine rings is 1. The number of carbonyl (C=O) groups is 1. The molecule has 4 heterocycles. The standard InChI is InChI=1S/C25H22ClF3N6O2/c26-16-1-2-20(25(27,28)29)18(7-16)19(23(30)37)6-14-9-33-24-17(14)5-13(8-32-24)15-10-34-35(12-15)21-11-31-4-3-22(21)36/h1-2,5-10,12,21-22,31,36H,3-4,11H2,(H2,30,37)(H,32,33)/b19-6-. The number of nitrogens with two attached hydrogens (primary N) is 1. The molecule has 12 heteroatoms. The maximum Gasteiger partial charge on any atom is 0.417 e. The maximum absolute atomic E-state index is 13.7. The van der Waals surface area contributed by atoms with E-state index >= 15 is 0 Å². The Balaban J connectivity index is 1.56. The van der Waals surface area contributed by atoms with Crippen molar-refractivity contribution >= 4 is 40.2 Å². The summed E-state index contributed by atoms with van der Waals surface area (Å²) in [4.78, 5) is 19.7. The number of nitrogens with zero attached hydrogens (tertiary/aromatic N) is 3. The molecule has 1 aliphatic rings. The van der Waals surface area contributed by atoms with Crippen LogP contribution < -0.4 is 11.1 Å². The van der Waals surface area contributed by atoms with Gasteiger partial charge in [-0.2, -0.15) is 18.3 Å². The third kappa shape index (κ3) is 4.97. The van der Waals surface area contributed by atoms with Gasteiger partial charge in [0.05, 0.1) is 23.9 Å². The highest BCUT2D eigenvalue weighted by molar-refractivity contribution is 6.31. The van der Waals surface area contributed by atoms with Gasteiger partial charge < -0.3 is 21.1 Å². The first-order valence-corrected chi connectivity index (χ1v) is 11.8. The molecule has 1 amide bonds. The molecule has 1 fully saturated rings. The number of benzene rings is 1. The number of amides is 1. The summed E-state index contributed by atoms with van der Waals surface area (Å²) < 4.78 is 42.7. The zero-order valence-electron chi connectivity index (χ0n) is 19.3. The fourth-order valence-electron chi connectivity index (χ4n) is 4.49. The smallest absolute Gasteiger partial charge is 0.391 e. The Kier molecular flexibility index (Phi) is 6.52. The van der Waals surface area contributed by atoms with Crippen molar-refractivity contribution < 1.29 is 23.1 Å². The quantitative estimate of drug-likeness (QED) is 0.290. The van der Waals surface area contributed by atoms with Gasteiger partial charge in [-0.05, 0) is 43.3 Å². The summed E-state index contributed by atoms with van der Waals surface area (Å²) in [6.45, 7) is 1.33. The molecule has 1 saturated heterocycles. The van der Waals surface area contributed by atoms with Crippen LogP contribution in [0, 0.1) is 0 Å². The Morgan fingerprint density at radius 2 is 2.05 bits per heavy atom. The molecule has 0 radical (unpaired) electrons. The van der Waals surface area contributed by atoms with Crippen LogP contribution in [0.5, 0.6) is 0 Å². The monoisotopic (exact) mass is 530 g/mol. The molecule has 5 N–H and O–H groups in total. The highest BCUT2D eigenvalue weighted by Crippen LogP contribution is 2.37. The van der Waals surface area contributed by atoms with Crippen molar-refractivity contribution in [3.63, 3.8) is 0 Å². The Morgan fingerprint density at radius 1 is 1.24 bits per heavy atom. The second kappa shape index (κ2) is 9.66. The number of hydrogen-bond donors (Lipinski definition) is 4. The molecule has 0 bridgehead atoms. The van der Waals surface area contributed by atoms with Crippen molar-refractivity contribution in [1.29, 1.82) is 0 Å². The van der Waals surface area contributed by atoms with Crippen LogP contribution in [0.15, 0.2) is 49.1 Å². The first kappa shape index (κ1) is 25.0. The summed E-state index contributed by atoms with van der Waals surface area (Å²) in [7, 11) is 0. The van der Waals surface area contributed by atoms with E-state index < -0.39 is 29.3 Å². The molecule has 4 aromatic rings. The predicted octanol–water partition coefficient (Wildman–Crippen LogP) is 4.02. The Bertz CT molecular complexity index is 1510. The third-order valence-electron chi connectivity index (χ3n) is 6.39. The number of aromatic nitrogens is 4. The van der Waals surface area contributed by atoms with Gasteiger partial charge in [0.1, 0.15) is 5.65 Å². The van der Waals surface area contributed by atoms with Gasteiger partial charge >= 0.3 is 6.18 Å². The molecule has 192 valence electrons. The maximum atomic E-state index is 13.7. The SMILES string of the molecule is NC(=O)/C(=C\c1c[nH]c2ncc(-c3cnn(C4CNCCC4O)c3)cc12)c1cc(Cl)ccc1C(F)(F)F. The van der Waals surface area contributed by atoms with Crippen LogP contribution in [0.25, 0.3) is 33.8 Å². The van der Waals surface area contributed by atoms with Gasteiger partial charge in [0.15, 0.2) is 0 Å². The van der Waals surface area contributed by atoms with Crippen molar-refractivity contribution in [2.24, 2.45) is 5.73 Å². The minimum atomic E-state index is -4.72. The summed E-state index contributed by atoms with van der Waals surface area (Å²) in [5.74, 6) is -1.04. The van der Waals surface area contributed by atoms with E-state index in [1.807, 2.05) is 6.20 Å². The van der Waals surface area contributed by atoms with Gasteiger partial charge in [-0.15, -0.1) is 0 Å². The van der Waals surface area contributed by atoms with Crippen molar-refractivity contribution in [2.45, 2.75) is 24.7 Å². The Labute approximate surface area is 213 Å². The van der Waals surface area contributed by atoms with E-state index in [-0.39, 0.29) is 16.6 Å². The molecule has 0 spiro atoms. The number of halogens is 4. The van der Waals surface area contributed by atoms with Crippen LogP contribution in [0.3, 0.4) is 0 Å². The van der Waals surface area contributed by atoms with E-state index in [0.29, 0.717) is 35.1 Å². The summed E-state index contributed by atoms with van der Waals surface area (Å²) in [6.07, 6.45) is 3.32. The van der Waals surface area contributed by atoms with E-state index in [9.17, 15) is 23.1 Å². The molecule has 0 aliphatic carbocycles. The van der Waals surface area contributed by atoms with Gasteiger partial charge in [0.2, 0.25) is 5.91 Å². The fourth-order valence-corrected chi connectivity index (χ4v) is 4.66. The lowest BCUT2D eigenvalue weighted by Gasteiger charge is -2.28. The molecule has 37 heavy (non-hydrogen) atoms. The van der Waals surface area contributed by atoms with Crippen LogP contribution in [-0.4, -0.2) is 50.0 Å².